The Morgan fingerprint density at radius 2 is 2.05 bits per heavy atom. The van der Waals surface area contributed by atoms with E-state index in [4.69, 9.17) is 4.74 Å². The lowest BCUT2D eigenvalue weighted by Crippen LogP contribution is -2.15. The Kier molecular flexibility index (Phi) is 5.68. The van der Waals surface area contributed by atoms with E-state index in [1.54, 1.807) is 23.1 Å². The second-order valence-corrected chi connectivity index (χ2v) is 4.68. The summed E-state index contributed by atoms with van der Waals surface area (Å²) in [7, 11) is 0. The Morgan fingerprint density at radius 1 is 1.29 bits per heavy atom. The molecule has 0 atom stereocenters. The van der Waals surface area contributed by atoms with Gasteiger partial charge in [-0.1, -0.05) is 6.92 Å². The lowest BCUT2D eigenvalue weighted by Gasteiger charge is -2.10. The molecule has 0 amide bonds. The van der Waals surface area contributed by atoms with Crippen molar-refractivity contribution in [3.8, 4) is 5.75 Å². The van der Waals surface area contributed by atoms with Gasteiger partial charge in [0.05, 0.1) is 6.54 Å². The molecule has 0 unspecified atom stereocenters. The lowest BCUT2D eigenvalue weighted by molar-refractivity contribution is 0.264. The molecule has 1 N–H and O–H groups in total. The average molecular weight is 295 g/mol. The molecule has 6 heteroatoms. The van der Waals surface area contributed by atoms with Gasteiger partial charge in [-0.05, 0) is 36.7 Å². The van der Waals surface area contributed by atoms with Crippen LogP contribution < -0.4 is 10.1 Å². The van der Waals surface area contributed by atoms with Gasteiger partial charge in [0.25, 0.3) is 0 Å². The highest BCUT2D eigenvalue weighted by Gasteiger charge is 2.12. The Hall–Kier alpha value is -1.95. The topological polar surface area (TPSA) is 39.1 Å². The summed E-state index contributed by atoms with van der Waals surface area (Å²) in [6, 6.07) is 4.38. The lowest BCUT2D eigenvalue weighted by atomic mass is 10.2. The Labute approximate surface area is 122 Å². The third-order valence-electron chi connectivity index (χ3n) is 2.94. The maximum atomic E-state index is 13.9. The quantitative estimate of drug-likeness (QED) is 0.761. The second-order valence-electron chi connectivity index (χ2n) is 4.68. The van der Waals surface area contributed by atoms with E-state index in [0.29, 0.717) is 18.7 Å². The molecule has 0 spiro atoms. The largest absolute Gasteiger partial charge is 0.486 e. The highest BCUT2D eigenvalue weighted by molar-refractivity contribution is 5.31. The summed E-state index contributed by atoms with van der Waals surface area (Å²) in [6.07, 6.45) is 4.37. The molecular weight excluding hydrogens is 276 g/mol. The summed E-state index contributed by atoms with van der Waals surface area (Å²) in [5.41, 5.74) is 0.567. The molecule has 0 saturated carbocycles. The number of aromatic nitrogens is 2. The smallest absolute Gasteiger partial charge is 0.190 e. The summed E-state index contributed by atoms with van der Waals surface area (Å²) in [5, 5.41) is 7.09. The van der Waals surface area contributed by atoms with Gasteiger partial charge in [-0.15, -0.1) is 0 Å². The number of ether oxygens (including phenoxy) is 1. The third-order valence-corrected chi connectivity index (χ3v) is 2.94. The van der Waals surface area contributed by atoms with Crippen molar-refractivity contribution in [1.82, 2.24) is 15.1 Å². The SMILES string of the molecule is CCCNCc1cc(F)c(OCCn2cccn2)c(F)c1. The van der Waals surface area contributed by atoms with E-state index < -0.39 is 11.6 Å². The van der Waals surface area contributed by atoms with Crippen LogP contribution in [0.25, 0.3) is 0 Å². The van der Waals surface area contributed by atoms with Crippen LogP contribution in [0, 0.1) is 11.6 Å². The van der Waals surface area contributed by atoms with E-state index in [9.17, 15) is 8.78 Å². The van der Waals surface area contributed by atoms with E-state index in [0.717, 1.165) is 13.0 Å². The van der Waals surface area contributed by atoms with Gasteiger partial charge in [0, 0.05) is 18.9 Å². The van der Waals surface area contributed by atoms with E-state index in [-0.39, 0.29) is 12.4 Å². The van der Waals surface area contributed by atoms with Crippen LogP contribution in [0.5, 0.6) is 5.75 Å². The fraction of sp³-hybridized carbons (Fsp3) is 0.400. The summed E-state index contributed by atoms with van der Waals surface area (Å²) in [6.45, 7) is 3.87. The van der Waals surface area contributed by atoms with Crippen LogP contribution in [-0.4, -0.2) is 22.9 Å². The number of nitrogens with zero attached hydrogens (tertiary/aromatic N) is 2. The Bertz CT molecular complexity index is 535. The van der Waals surface area contributed by atoms with Gasteiger partial charge >= 0.3 is 0 Å². The molecule has 0 aliphatic rings. The maximum absolute atomic E-state index is 13.9. The van der Waals surface area contributed by atoms with Crippen molar-refractivity contribution < 1.29 is 13.5 Å². The molecule has 0 fully saturated rings. The minimum absolute atomic E-state index is 0.156. The van der Waals surface area contributed by atoms with Gasteiger partial charge in [-0.25, -0.2) is 8.78 Å². The molecule has 0 aliphatic heterocycles. The zero-order valence-corrected chi connectivity index (χ0v) is 12.0. The minimum atomic E-state index is -0.677. The number of rotatable bonds is 8. The van der Waals surface area contributed by atoms with E-state index >= 15 is 0 Å². The molecule has 1 heterocycles. The number of benzene rings is 1. The first-order chi connectivity index (χ1) is 10.2. The number of hydrogen-bond donors (Lipinski definition) is 1. The molecule has 21 heavy (non-hydrogen) atoms. The summed E-state index contributed by atoms with van der Waals surface area (Å²) in [5.74, 6) is -1.69. The van der Waals surface area contributed by atoms with Gasteiger partial charge in [0.15, 0.2) is 17.4 Å². The number of hydrogen-bond acceptors (Lipinski definition) is 3. The van der Waals surface area contributed by atoms with Crippen molar-refractivity contribution in [3.05, 3.63) is 47.8 Å². The first kappa shape index (κ1) is 15.4. The summed E-state index contributed by atoms with van der Waals surface area (Å²) < 4.78 is 34.6. The van der Waals surface area contributed by atoms with Crippen LogP contribution in [0.2, 0.25) is 0 Å². The molecule has 0 radical (unpaired) electrons. The number of nitrogens with one attached hydrogen (secondary N) is 1. The Morgan fingerprint density at radius 3 is 2.67 bits per heavy atom. The molecule has 0 saturated heterocycles. The highest BCUT2D eigenvalue weighted by Crippen LogP contribution is 2.23. The Balaban J connectivity index is 1.93. The monoisotopic (exact) mass is 295 g/mol. The molecule has 1 aromatic carbocycles. The third kappa shape index (κ3) is 4.53. The minimum Gasteiger partial charge on any atom is -0.486 e. The van der Waals surface area contributed by atoms with E-state index in [1.165, 1.54) is 12.1 Å². The maximum Gasteiger partial charge on any atom is 0.190 e. The molecule has 114 valence electrons. The van der Waals surface area contributed by atoms with Gasteiger partial charge < -0.3 is 10.1 Å². The normalized spacial score (nSPS) is 10.8. The zero-order chi connectivity index (χ0) is 15.1. The van der Waals surface area contributed by atoms with Gasteiger partial charge in [0.1, 0.15) is 6.61 Å². The predicted octanol–water partition coefficient (Wildman–Crippen LogP) is 2.74. The van der Waals surface area contributed by atoms with Gasteiger partial charge in [-0.3, -0.25) is 4.68 Å². The molecular formula is C15H19F2N3O. The van der Waals surface area contributed by atoms with Crippen molar-refractivity contribution in [2.45, 2.75) is 26.4 Å². The predicted molar refractivity (Wildman–Crippen MR) is 76.1 cm³/mol. The second kappa shape index (κ2) is 7.73. The summed E-state index contributed by atoms with van der Waals surface area (Å²) >= 11 is 0. The first-order valence-corrected chi connectivity index (χ1v) is 6.99. The van der Waals surface area contributed by atoms with Crippen LogP contribution in [-0.2, 0) is 13.1 Å². The van der Waals surface area contributed by atoms with Crippen molar-refractivity contribution >= 4 is 0 Å². The van der Waals surface area contributed by atoms with E-state index in [2.05, 4.69) is 10.4 Å². The molecule has 2 aromatic rings. The van der Waals surface area contributed by atoms with Crippen molar-refractivity contribution in [1.29, 1.82) is 0 Å². The van der Waals surface area contributed by atoms with Crippen molar-refractivity contribution in [3.63, 3.8) is 0 Å². The van der Waals surface area contributed by atoms with Crippen LogP contribution >= 0.6 is 0 Å². The first-order valence-electron chi connectivity index (χ1n) is 6.99. The summed E-state index contributed by atoms with van der Waals surface area (Å²) in [4.78, 5) is 0. The number of halogens is 2. The van der Waals surface area contributed by atoms with Crippen molar-refractivity contribution in [2.24, 2.45) is 0 Å². The van der Waals surface area contributed by atoms with Crippen molar-refractivity contribution in [2.75, 3.05) is 13.2 Å². The highest BCUT2D eigenvalue weighted by atomic mass is 19.1. The van der Waals surface area contributed by atoms with E-state index in [1.807, 2.05) is 6.92 Å². The average Bonchev–Trinajstić information content (AvgIpc) is 2.95. The van der Waals surface area contributed by atoms with Crippen LogP contribution in [0.4, 0.5) is 8.78 Å². The molecule has 0 bridgehead atoms. The molecule has 0 aliphatic carbocycles. The van der Waals surface area contributed by atoms with Crippen LogP contribution in [0.3, 0.4) is 0 Å². The van der Waals surface area contributed by atoms with Gasteiger partial charge in [-0.2, -0.15) is 5.10 Å². The van der Waals surface area contributed by atoms with Gasteiger partial charge in [0.2, 0.25) is 0 Å². The fourth-order valence-corrected chi connectivity index (χ4v) is 1.94. The van der Waals surface area contributed by atoms with Crippen LogP contribution in [0.1, 0.15) is 18.9 Å². The molecule has 4 nitrogen and oxygen atoms in total. The fourth-order valence-electron chi connectivity index (χ4n) is 1.94. The zero-order valence-electron chi connectivity index (χ0n) is 12.0. The molecule has 1 aromatic heterocycles. The van der Waals surface area contributed by atoms with Crippen LogP contribution in [0.15, 0.2) is 30.6 Å². The molecule has 2 rings (SSSR count). The standard InChI is InChI=1S/C15H19F2N3O/c1-2-4-18-11-12-9-13(16)15(14(17)10-12)21-8-7-20-6-3-5-19-20/h3,5-6,9-10,18H,2,4,7-8,11H2,1H3.